The van der Waals surface area contributed by atoms with Crippen LogP contribution in [0, 0.1) is 0 Å². The normalized spacial score (nSPS) is 10.4. The minimum absolute atomic E-state index is 0.615. The lowest BCUT2D eigenvalue weighted by molar-refractivity contribution is 0.287. The maximum atomic E-state index is 5.66. The lowest BCUT2D eigenvalue weighted by atomic mass is 10.1. The Balaban J connectivity index is 1.78. The molecule has 2 rings (SSSR count). The molecule has 25 heavy (non-hydrogen) atoms. The molecule has 2 N–H and O–H groups in total. The van der Waals surface area contributed by atoms with Gasteiger partial charge in [0.15, 0.2) is 16.6 Å². The molecule has 2 aromatic rings. The predicted molar refractivity (Wildman–Crippen MR) is 103 cm³/mol. The van der Waals surface area contributed by atoms with Gasteiger partial charge in [-0.25, -0.2) is 0 Å². The summed E-state index contributed by atoms with van der Waals surface area (Å²) in [7, 11) is 1.90. The number of thiocarbonyl (C=S) groups is 1. The zero-order valence-corrected chi connectivity index (χ0v) is 15.9. The Labute approximate surface area is 154 Å². The van der Waals surface area contributed by atoms with Gasteiger partial charge >= 0.3 is 0 Å². The number of benzene rings is 1. The summed E-state index contributed by atoms with van der Waals surface area (Å²) in [5.74, 6) is 1.58. The van der Waals surface area contributed by atoms with Crippen LogP contribution in [0.1, 0.15) is 25.0 Å². The topological polar surface area (TPSA) is 60.3 Å². The summed E-state index contributed by atoms with van der Waals surface area (Å²) in [6.07, 6.45) is 4.64. The Kier molecular flexibility index (Phi) is 7.53. The van der Waals surface area contributed by atoms with Gasteiger partial charge in [-0.1, -0.05) is 6.07 Å². The fourth-order valence-corrected chi connectivity index (χ4v) is 2.55. The van der Waals surface area contributed by atoms with Crippen molar-refractivity contribution in [3.63, 3.8) is 0 Å². The zero-order valence-electron chi connectivity index (χ0n) is 15.0. The molecule has 6 nitrogen and oxygen atoms in total. The number of hydrogen-bond donors (Lipinski definition) is 2. The fraction of sp³-hybridized carbons (Fsp3) is 0.444. The van der Waals surface area contributed by atoms with Crippen LogP contribution in [0.2, 0.25) is 0 Å². The van der Waals surface area contributed by atoms with Gasteiger partial charge in [-0.05, 0) is 50.2 Å². The van der Waals surface area contributed by atoms with Crippen molar-refractivity contribution >= 4 is 17.3 Å². The van der Waals surface area contributed by atoms with Gasteiger partial charge in [0, 0.05) is 31.9 Å². The van der Waals surface area contributed by atoms with Gasteiger partial charge in [0.2, 0.25) is 0 Å². The Morgan fingerprint density at radius 1 is 1.12 bits per heavy atom. The molecular formula is C18H26N4O2S. The number of rotatable bonds is 9. The standard InChI is InChI=1S/C18H26N4O2S/c1-4-23-16-7-6-14(10-17(16)24-5-2)8-9-19-18(25)20-11-15-12-21-22(3)13-15/h6-7,10,12-13H,4-5,8-9,11H2,1-3H3,(H2,19,20,25). The summed E-state index contributed by atoms with van der Waals surface area (Å²) in [6, 6.07) is 6.05. The highest BCUT2D eigenvalue weighted by Gasteiger charge is 2.06. The molecule has 0 fully saturated rings. The zero-order chi connectivity index (χ0) is 18.1. The summed E-state index contributed by atoms with van der Waals surface area (Å²) in [6.45, 7) is 6.58. The van der Waals surface area contributed by atoms with Crippen LogP contribution in [-0.2, 0) is 20.0 Å². The lowest BCUT2D eigenvalue weighted by Gasteiger charge is -2.13. The van der Waals surface area contributed by atoms with Gasteiger partial charge in [-0.2, -0.15) is 5.10 Å². The maximum absolute atomic E-state index is 5.66. The third-order valence-corrected chi connectivity index (χ3v) is 3.81. The van der Waals surface area contributed by atoms with Gasteiger partial charge in [0.1, 0.15) is 0 Å². The van der Waals surface area contributed by atoms with Crippen molar-refractivity contribution in [1.82, 2.24) is 20.4 Å². The van der Waals surface area contributed by atoms with E-state index in [1.165, 1.54) is 5.56 Å². The maximum Gasteiger partial charge on any atom is 0.166 e. The van der Waals surface area contributed by atoms with Crippen molar-refractivity contribution < 1.29 is 9.47 Å². The quantitative estimate of drug-likeness (QED) is 0.668. The predicted octanol–water partition coefficient (Wildman–Crippen LogP) is 2.42. The Bertz CT molecular complexity index is 687. The molecule has 0 bridgehead atoms. The highest BCUT2D eigenvalue weighted by Crippen LogP contribution is 2.28. The van der Waals surface area contributed by atoms with E-state index in [1.807, 2.05) is 45.4 Å². The minimum Gasteiger partial charge on any atom is -0.490 e. The van der Waals surface area contributed by atoms with Crippen molar-refractivity contribution in [3.05, 3.63) is 41.7 Å². The Hall–Kier alpha value is -2.28. The molecule has 0 saturated carbocycles. The Morgan fingerprint density at radius 2 is 1.88 bits per heavy atom. The number of nitrogens with one attached hydrogen (secondary N) is 2. The number of aromatic nitrogens is 2. The molecule has 0 aliphatic heterocycles. The van der Waals surface area contributed by atoms with Crippen LogP contribution in [0.4, 0.5) is 0 Å². The molecule has 0 atom stereocenters. The first-order valence-electron chi connectivity index (χ1n) is 8.50. The molecule has 0 saturated heterocycles. The molecular weight excluding hydrogens is 336 g/mol. The second-order valence-corrected chi connectivity index (χ2v) is 5.94. The van der Waals surface area contributed by atoms with E-state index < -0.39 is 0 Å². The molecule has 1 aromatic heterocycles. The summed E-state index contributed by atoms with van der Waals surface area (Å²) >= 11 is 5.30. The second-order valence-electron chi connectivity index (χ2n) is 5.53. The molecule has 0 unspecified atom stereocenters. The molecule has 1 heterocycles. The van der Waals surface area contributed by atoms with Gasteiger partial charge in [0.25, 0.3) is 0 Å². The van der Waals surface area contributed by atoms with Gasteiger partial charge in [-0.15, -0.1) is 0 Å². The average molecular weight is 362 g/mol. The molecule has 0 spiro atoms. The van der Waals surface area contributed by atoms with E-state index in [2.05, 4.69) is 21.8 Å². The largest absolute Gasteiger partial charge is 0.490 e. The number of nitrogens with zero attached hydrogens (tertiary/aromatic N) is 2. The monoisotopic (exact) mass is 362 g/mol. The van der Waals surface area contributed by atoms with Gasteiger partial charge in [-0.3, -0.25) is 4.68 Å². The van der Waals surface area contributed by atoms with Crippen LogP contribution in [0.25, 0.3) is 0 Å². The molecule has 0 aliphatic carbocycles. The first-order valence-corrected chi connectivity index (χ1v) is 8.91. The van der Waals surface area contributed by atoms with Crippen molar-refractivity contribution in [2.45, 2.75) is 26.8 Å². The average Bonchev–Trinajstić information content (AvgIpc) is 3.01. The van der Waals surface area contributed by atoms with Crippen LogP contribution < -0.4 is 20.1 Å². The van der Waals surface area contributed by atoms with E-state index in [0.717, 1.165) is 30.0 Å². The van der Waals surface area contributed by atoms with Crippen LogP contribution in [-0.4, -0.2) is 34.7 Å². The van der Waals surface area contributed by atoms with E-state index in [-0.39, 0.29) is 0 Å². The van der Waals surface area contributed by atoms with Crippen LogP contribution in [0.15, 0.2) is 30.6 Å². The molecule has 136 valence electrons. The molecule has 0 amide bonds. The summed E-state index contributed by atoms with van der Waals surface area (Å²) in [5.41, 5.74) is 2.27. The first kappa shape index (κ1) is 19.1. The molecule has 0 radical (unpaired) electrons. The molecule has 1 aromatic carbocycles. The van der Waals surface area contributed by atoms with E-state index in [0.29, 0.717) is 24.9 Å². The number of aryl methyl sites for hydroxylation is 1. The minimum atomic E-state index is 0.615. The van der Waals surface area contributed by atoms with Crippen LogP contribution in [0.3, 0.4) is 0 Å². The summed E-state index contributed by atoms with van der Waals surface area (Å²) in [5, 5.41) is 11.2. The second kappa shape index (κ2) is 9.88. The van der Waals surface area contributed by atoms with E-state index in [1.54, 1.807) is 4.68 Å². The van der Waals surface area contributed by atoms with Gasteiger partial charge in [0.05, 0.1) is 19.4 Å². The van der Waals surface area contributed by atoms with Crippen LogP contribution in [0.5, 0.6) is 11.5 Å². The summed E-state index contributed by atoms with van der Waals surface area (Å²) < 4.78 is 13.0. The smallest absolute Gasteiger partial charge is 0.166 e. The highest BCUT2D eigenvalue weighted by atomic mass is 32.1. The van der Waals surface area contributed by atoms with E-state index in [9.17, 15) is 0 Å². The third kappa shape index (κ3) is 6.26. The SMILES string of the molecule is CCOc1ccc(CCNC(=S)NCc2cnn(C)c2)cc1OCC. The Morgan fingerprint density at radius 3 is 2.56 bits per heavy atom. The third-order valence-electron chi connectivity index (χ3n) is 3.52. The van der Waals surface area contributed by atoms with E-state index in [4.69, 9.17) is 21.7 Å². The molecule has 7 heteroatoms. The van der Waals surface area contributed by atoms with Crippen molar-refractivity contribution in [1.29, 1.82) is 0 Å². The van der Waals surface area contributed by atoms with Crippen molar-refractivity contribution in [2.24, 2.45) is 7.05 Å². The number of ether oxygens (including phenoxy) is 2. The van der Waals surface area contributed by atoms with Crippen molar-refractivity contribution in [2.75, 3.05) is 19.8 Å². The fourth-order valence-electron chi connectivity index (χ4n) is 2.38. The first-order chi connectivity index (χ1) is 12.1. The van der Waals surface area contributed by atoms with Gasteiger partial charge < -0.3 is 20.1 Å². The summed E-state index contributed by atoms with van der Waals surface area (Å²) in [4.78, 5) is 0. The molecule has 0 aliphatic rings. The lowest BCUT2D eigenvalue weighted by Crippen LogP contribution is -2.35. The number of hydrogen-bond acceptors (Lipinski definition) is 4. The highest BCUT2D eigenvalue weighted by molar-refractivity contribution is 7.80. The van der Waals surface area contributed by atoms with Crippen molar-refractivity contribution in [3.8, 4) is 11.5 Å². The van der Waals surface area contributed by atoms with Crippen LogP contribution >= 0.6 is 12.2 Å². The van der Waals surface area contributed by atoms with E-state index >= 15 is 0 Å².